The topological polar surface area (TPSA) is 57.7 Å². The van der Waals surface area contributed by atoms with E-state index in [-0.39, 0.29) is 18.1 Å². The maximum Gasteiger partial charge on any atom is 0.573 e. The molecule has 0 aliphatic heterocycles. The van der Waals surface area contributed by atoms with Crippen LogP contribution < -0.4 is 9.47 Å². The van der Waals surface area contributed by atoms with Gasteiger partial charge in [-0.3, -0.25) is 0 Å². The van der Waals surface area contributed by atoms with Crippen LogP contribution in [0.15, 0.2) is 23.2 Å². The lowest BCUT2D eigenvalue weighted by molar-refractivity contribution is -0.274. The van der Waals surface area contributed by atoms with Crippen molar-refractivity contribution in [1.29, 1.82) is 0 Å². The van der Waals surface area contributed by atoms with Crippen molar-refractivity contribution < 1.29 is 32.2 Å². The van der Waals surface area contributed by atoms with Crippen LogP contribution in [0.5, 0.6) is 11.5 Å². The van der Waals surface area contributed by atoms with Gasteiger partial charge >= 0.3 is 12.5 Å². The molecule has 9 heteroatoms. The molecule has 2 rings (SSSR count). The number of pyridine rings is 1. The molecule has 1 aromatic carbocycles. The molecule has 0 saturated heterocycles. The van der Waals surface area contributed by atoms with E-state index in [0.29, 0.717) is 27.2 Å². The molecule has 1 heterocycles. The molecule has 0 aliphatic rings. The van der Waals surface area contributed by atoms with E-state index >= 15 is 0 Å². The van der Waals surface area contributed by atoms with E-state index in [1.165, 1.54) is 30.0 Å². The largest absolute Gasteiger partial charge is 0.573 e. The summed E-state index contributed by atoms with van der Waals surface area (Å²) in [5, 5.41) is 0.944. The predicted octanol–water partition coefficient (Wildman–Crippen LogP) is 5.09. The Morgan fingerprint density at radius 2 is 2.00 bits per heavy atom. The second-order valence-corrected chi connectivity index (χ2v) is 6.07. The third-order valence-electron chi connectivity index (χ3n) is 3.09. The third kappa shape index (κ3) is 4.91. The zero-order chi connectivity index (χ0) is 18.6. The Labute approximate surface area is 146 Å². The first kappa shape index (κ1) is 19.2. The summed E-state index contributed by atoms with van der Waals surface area (Å²) < 4.78 is 51.1. The van der Waals surface area contributed by atoms with Crippen LogP contribution in [0.2, 0.25) is 0 Å². The minimum atomic E-state index is -4.78. The van der Waals surface area contributed by atoms with Gasteiger partial charge in [0.15, 0.2) is 5.75 Å². The molecule has 0 spiro atoms. The quantitative estimate of drug-likeness (QED) is 0.536. The van der Waals surface area contributed by atoms with Crippen LogP contribution in [0.4, 0.5) is 18.0 Å². The van der Waals surface area contributed by atoms with E-state index in [2.05, 4.69) is 9.72 Å². The summed E-state index contributed by atoms with van der Waals surface area (Å²) in [5.74, 6) is 0.510. The standard InChI is InChI=1S/C16H16F3NO4S/c1-4-22-15(21)23-13-9(3)11-7-6-10(24-16(17,18)19)8-12(11)20-14(13)25-5-2/h6-8H,4-5H2,1-3H3. The van der Waals surface area contributed by atoms with Crippen molar-refractivity contribution in [2.24, 2.45) is 0 Å². The highest BCUT2D eigenvalue weighted by Crippen LogP contribution is 2.37. The number of benzene rings is 1. The summed E-state index contributed by atoms with van der Waals surface area (Å²) in [5.41, 5.74) is 0.888. The van der Waals surface area contributed by atoms with Crippen molar-refractivity contribution in [2.75, 3.05) is 12.4 Å². The van der Waals surface area contributed by atoms with Crippen LogP contribution in [0.25, 0.3) is 10.9 Å². The van der Waals surface area contributed by atoms with Gasteiger partial charge in [-0.15, -0.1) is 24.9 Å². The fraction of sp³-hybridized carbons (Fsp3) is 0.375. The number of halogens is 3. The number of alkyl halides is 3. The number of thioether (sulfide) groups is 1. The van der Waals surface area contributed by atoms with Crippen molar-refractivity contribution in [2.45, 2.75) is 32.2 Å². The zero-order valence-electron chi connectivity index (χ0n) is 13.8. The number of carbonyl (C=O) groups excluding carboxylic acids is 1. The highest BCUT2D eigenvalue weighted by atomic mass is 32.2. The van der Waals surface area contributed by atoms with Crippen LogP contribution in [0.3, 0.4) is 0 Å². The van der Waals surface area contributed by atoms with Crippen molar-refractivity contribution in [1.82, 2.24) is 4.98 Å². The van der Waals surface area contributed by atoms with Gasteiger partial charge in [-0.2, -0.15) is 0 Å². The second kappa shape index (κ2) is 7.81. The number of carbonyl (C=O) groups is 1. The van der Waals surface area contributed by atoms with E-state index in [9.17, 15) is 18.0 Å². The summed E-state index contributed by atoms with van der Waals surface area (Å²) in [6.07, 6.45) is -5.64. The summed E-state index contributed by atoms with van der Waals surface area (Å²) in [4.78, 5) is 16.0. The number of ether oxygens (including phenoxy) is 3. The average Bonchev–Trinajstić information content (AvgIpc) is 2.50. The Hall–Kier alpha value is -2.16. The van der Waals surface area contributed by atoms with E-state index in [4.69, 9.17) is 9.47 Å². The van der Waals surface area contributed by atoms with Gasteiger partial charge in [-0.1, -0.05) is 6.92 Å². The second-order valence-electron chi connectivity index (χ2n) is 4.82. The molecule has 5 nitrogen and oxygen atoms in total. The zero-order valence-corrected chi connectivity index (χ0v) is 14.6. The van der Waals surface area contributed by atoms with Gasteiger partial charge in [0.1, 0.15) is 10.8 Å². The van der Waals surface area contributed by atoms with Crippen molar-refractivity contribution in [3.63, 3.8) is 0 Å². The number of aryl methyl sites for hydroxylation is 1. The number of nitrogens with zero attached hydrogens (tertiary/aromatic N) is 1. The van der Waals surface area contributed by atoms with Gasteiger partial charge in [0, 0.05) is 17.0 Å². The molecule has 136 valence electrons. The SMILES string of the molecule is CCOC(=O)Oc1c(SCC)nc2cc(OC(F)(F)F)ccc2c1C. The molecule has 0 saturated carbocycles. The molecular weight excluding hydrogens is 359 g/mol. The summed E-state index contributed by atoms with van der Waals surface area (Å²) in [6, 6.07) is 3.83. The first-order valence-electron chi connectivity index (χ1n) is 7.42. The number of hydrogen-bond donors (Lipinski definition) is 0. The molecule has 0 unspecified atom stereocenters. The van der Waals surface area contributed by atoms with Crippen LogP contribution >= 0.6 is 11.8 Å². The maximum atomic E-state index is 12.4. The Balaban J connectivity index is 2.51. The predicted molar refractivity (Wildman–Crippen MR) is 87.2 cm³/mol. The smallest absolute Gasteiger partial charge is 0.434 e. The van der Waals surface area contributed by atoms with E-state index in [0.717, 1.165) is 0 Å². The Bertz CT molecular complexity index is 780. The van der Waals surface area contributed by atoms with Crippen LogP contribution in [-0.2, 0) is 4.74 Å². The molecule has 0 fully saturated rings. The molecule has 0 amide bonds. The lowest BCUT2D eigenvalue weighted by Crippen LogP contribution is -2.17. The van der Waals surface area contributed by atoms with Gasteiger partial charge < -0.3 is 14.2 Å². The Morgan fingerprint density at radius 1 is 1.28 bits per heavy atom. The molecule has 1 aromatic heterocycles. The fourth-order valence-corrected chi connectivity index (χ4v) is 2.91. The van der Waals surface area contributed by atoms with Crippen molar-refractivity contribution in [3.8, 4) is 11.5 Å². The van der Waals surface area contributed by atoms with E-state index < -0.39 is 12.5 Å². The molecule has 25 heavy (non-hydrogen) atoms. The number of rotatable bonds is 5. The number of fused-ring (bicyclic) bond motifs is 1. The molecule has 0 radical (unpaired) electrons. The Kier molecular flexibility index (Phi) is 5.99. The summed E-state index contributed by atoms with van der Waals surface area (Å²) in [6.45, 7) is 5.38. The van der Waals surface area contributed by atoms with Crippen LogP contribution in [0, 0.1) is 6.92 Å². The minimum Gasteiger partial charge on any atom is -0.434 e. The van der Waals surface area contributed by atoms with Gasteiger partial charge in [0.05, 0.1) is 12.1 Å². The van der Waals surface area contributed by atoms with E-state index in [1.807, 2.05) is 6.92 Å². The molecular formula is C16H16F3NO4S. The lowest BCUT2D eigenvalue weighted by atomic mass is 10.1. The highest BCUT2D eigenvalue weighted by Gasteiger charge is 2.31. The van der Waals surface area contributed by atoms with E-state index in [1.54, 1.807) is 13.8 Å². The van der Waals surface area contributed by atoms with Crippen molar-refractivity contribution in [3.05, 3.63) is 23.8 Å². The van der Waals surface area contributed by atoms with Gasteiger partial charge in [-0.25, -0.2) is 9.78 Å². The summed E-state index contributed by atoms with van der Waals surface area (Å²) in [7, 11) is 0. The molecule has 0 bridgehead atoms. The van der Waals surface area contributed by atoms with Gasteiger partial charge in [0.2, 0.25) is 0 Å². The molecule has 2 aromatic rings. The van der Waals surface area contributed by atoms with Crippen molar-refractivity contribution >= 4 is 28.8 Å². The number of hydrogen-bond acceptors (Lipinski definition) is 6. The average molecular weight is 375 g/mol. The minimum absolute atomic E-state index is 0.160. The maximum absolute atomic E-state index is 12.4. The Morgan fingerprint density at radius 3 is 2.60 bits per heavy atom. The van der Waals surface area contributed by atoms with Gasteiger partial charge in [-0.05, 0) is 31.7 Å². The first-order chi connectivity index (χ1) is 11.7. The monoisotopic (exact) mass is 375 g/mol. The molecule has 0 aliphatic carbocycles. The van der Waals surface area contributed by atoms with Crippen LogP contribution in [0.1, 0.15) is 19.4 Å². The molecule has 0 atom stereocenters. The lowest BCUT2D eigenvalue weighted by Gasteiger charge is -2.15. The highest BCUT2D eigenvalue weighted by molar-refractivity contribution is 7.99. The van der Waals surface area contributed by atoms with Crippen LogP contribution in [-0.4, -0.2) is 29.9 Å². The third-order valence-corrected chi connectivity index (χ3v) is 3.93. The normalized spacial score (nSPS) is 11.4. The fourth-order valence-electron chi connectivity index (χ4n) is 2.15. The summed E-state index contributed by atoms with van der Waals surface area (Å²) >= 11 is 1.30. The molecule has 0 N–H and O–H groups in total. The first-order valence-corrected chi connectivity index (χ1v) is 8.41. The number of aromatic nitrogens is 1. The van der Waals surface area contributed by atoms with Gasteiger partial charge in [0.25, 0.3) is 0 Å².